The molecule has 1 amide bonds. The Kier molecular flexibility index (Phi) is 5.85. The van der Waals surface area contributed by atoms with E-state index in [-0.39, 0.29) is 41.5 Å². The van der Waals surface area contributed by atoms with Gasteiger partial charge >= 0.3 is 6.61 Å². The van der Waals surface area contributed by atoms with Gasteiger partial charge in [0.05, 0.1) is 29.2 Å². The largest absolute Gasteiger partial charge is 0.433 e. The summed E-state index contributed by atoms with van der Waals surface area (Å²) in [5.41, 5.74) is 2.47. The smallest absolute Gasteiger partial charge is 0.387 e. The van der Waals surface area contributed by atoms with Crippen LogP contribution in [0, 0.1) is 17.8 Å². The first-order chi connectivity index (χ1) is 15.3. The van der Waals surface area contributed by atoms with Crippen molar-refractivity contribution in [3.8, 4) is 23.3 Å². The van der Waals surface area contributed by atoms with Gasteiger partial charge in [-0.1, -0.05) is 24.8 Å². The first kappa shape index (κ1) is 21.8. The van der Waals surface area contributed by atoms with Crippen LogP contribution in [0.3, 0.4) is 0 Å². The molecule has 8 heteroatoms. The van der Waals surface area contributed by atoms with Crippen LogP contribution >= 0.6 is 0 Å². The van der Waals surface area contributed by atoms with Crippen molar-refractivity contribution in [3.05, 3.63) is 53.3 Å². The Bertz CT molecular complexity index is 1240. The molecule has 2 atom stereocenters. The minimum absolute atomic E-state index is 0.0499. The number of para-hydroxylation sites is 1. The Morgan fingerprint density at radius 2 is 2.06 bits per heavy atom. The van der Waals surface area contributed by atoms with E-state index in [4.69, 9.17) is 9.72 Å². The number of aliphatic hydroxyl groups excluding tert-OH is 1. The molecular formula is C24H23F2N3O3. The monoisotopic (exact) mass is 439 g/mol. The van der Waals surface area contributed by atoms with Crippen molar-refractivity contribution in [1.82, 2.24) is 14.5 Å². The Balaban J connectivity index is 2.05. The van der Waals surface area contributed by atoms with Crippen molar-refractivity contribution < 1.29 is 23.4 Å². The number of ether oxygens (including phenoxy) is 1. The summed E-state index contributed by atoms with van der Waals surface area (Å²) in [5, 5.41) is 9.23. The maximum absolute atomic E-state index is 13.2. The number of hydrogen-bond acceptors (Lipinski definition) is 4. The fraction of sp³-hybridized carbons (Fsp3) is 0.333. The Labute approximate surface area is 184 Å². The minimum Gasteiger partial charge on any atom is -0.433 e. The highest BCUT2D eigenvalue weighted by Crippen LogP contribution is 2.40. The van der Waals surface area contributed by atoms with Gasteiger partial charge in [-0.05, 0) is 43.7 Å². The maximum Gasteiger partial charge on any atom is 0.387 e. The van der Waals surface area contributed by atoms with Gasteiger partial charge < -0.3 is 14.7 Å². The molecule has 0 radical (unpaired) electrons. The molecule has 2 aromatic carbocycles. The summed E-state index contributed by atoms with van der Waals surface area (Å²) < 4.78 is 33.0. The van der Waals surface area contributed by atoms with Crippen molar-refractivity contribution in [2.75, 3.05) is 13.7 Å². The second-order valence-corrected chi connectivity index (χ2v) is 7.73. The van der Waals surface area contributed by atoms with Gasteiger partial charge in [-0.2, -0.15) is 8.78 Å². The fourth-order valence-corrected chi connectivity index (χ4v) is 3.96. The third-order valence-corrected chi connectivity index (χ3v) is 5.56. The molecule has 0 fully saturated rings. The lowest BCUT2D eigenvalue weighted by atomic mass is 10.1. The van der Waals surface area contributed by atoms with Gasteiger partial charge in [-0.15, -0.1) is 0 Å². The lowest BCUT2D eigenvalue weighted by molar-refractivity contribution is -0.0498. The topological polar surface area (TPSA) is 67.6 Å². The molecule has 1 aromatic heterocycles. The van der Waals surface area contributed by atoms with Gasteiger partial charge in [-0.25, -0.2) is 4.98 Å². The highest BCUT2D eigenvalue weighted by molar-refractivity contribution is 6.00. The zero-order valence-electron chi connectivity index (χ0n) is 18.0. The van der Waals surface area contributed by atoms with Crippen LogP contribution in [0.25, 0.3) is 16.7 Å². The van der Waals surface area contributed by atoms with Crippen molar-refractivity contribution in [2.24, 2.45) is 5.92 Å². The van der Waals surface area contributed by atoms with Crippen LogP contribution in [0.4, 0.5) is 8.78 Å². The number of carbonyl (C=O) groups excluding carboxylic acids is 1. The van der Waals surface area contributed by atoms with Gasteiger partial charge in [-0.3, -0.25) is 9.36 Å². The molecule has 2 heterocycles. The van der Waals surface area contributed by atoms with Gasteiger partial charge in [0.15, 0.2) is 5.75 Å². The number of amides is 1. The summed E-state index contributed by atoms with van der Waals surface area (Å²) in [7, 11) is 1.68. The van der Waals surface area contributed by atoms with E-state index in [1.807, 2.05) is 32.0 Å². The van der Waals surface area contributed by atoms with Gasteiger partial charge in [0.2, 0.25) is 0 Å². The molecule has 1 N–H and O–H groups in total. The normalized spacial score (nSPS) is 16.3. The lowest BCUT2D eigenvalue weighted by Crippen LogP contribution is -2.30. The van der Waals surface area contributed by atoms with E-state index in [2.05, 4.69) is 11.8 Å². The number of fused-ring (bicyclic) bond motifs is 5. The lowest BCUT2D eigenvalue weighted by Gasteiger charge is -2.24. The number of alkyl halides is 2. The second kappa shape index (κ2) is 8.60. The summed E-state index contributed by atoms with van der Waals surface area (Å²) >= 11 is 0. The van der Waals surface area contributed by atoms with E-state index in [0.29, 0.717) is 28.8 Å². The number of aromatic nitrogens is 2. The van der Waals surface area contributed by atoms with Crippen LogP contribution in [0.2, 0.25) is 0 Å². The molecule has 4 rings (SSSR count). The second-order valence-electron chi connectivity index (χ2n) is 7.73. The Morgan fingerprint density at radius 3 is 2.75 bits per heavy atom. The van der Waals surface area contributed by atoms with E-state index in [9.17, 15) is 18.7 Å². The molecule has 166 valence electrons. The third kappa shape index (κ3) is 3.69. The van der Waals surface area contributed by atoms with E-state index in [0.717, 1.165) is 0 Å². The number of benzene rings is 2. The van der Waals surface area contributed by atoms with E-state index in [1.54, 1.807) is 22.6 Å². The molecule has 0 aliphatic carbocycles. The Morgan fingerprint density at radius 1 is 1.28 bits per heavy atom. The van der Waals surface area contributed by atoms with Crippen molar-refractivity contribution in [2.45, 2.75) is 32.9 Å². The highest BCUT2D eigenvalue weighted by atomic mass is 19.3. The van der Waals surface area contributed by atoms with Crippen LogP contribution in [0.1, 0.15) is 48.1 Å². The zero-order chi connectivity index (χ0) is 23.0. The number of nitrogens with zero attached hydrogens (tertiary/aromatic N) is 3. The molecule has 0 saturated carbocycles. The van der Waals surface area contributed by atoms with E-state index >= 15 is 0 Å². The van der Waals surface area contributed by atoms with Crippen LogP contribution in [0.5, 0.6) is 5.75 Å². The number of imidazole rings is 1. The third-order valence-electron chi connectivity index (χ3n) is 5.56. The number of halogens is 2. The predicted molar refractivity (Wildman–Crippen MR) is 116 cm³/mol. The van der Waals surface area contributed by atoms with E-state index in [1.165, 1.54) is 12.1 Å². The molecule has 1 aliphatic rings. The fourth-order valence-electron chi connectivity index (χ4n) is 3.96. The molecule has 2 unspecified atom stereocenters. The first-order valence-corrected chi connectivity index (χ1v) is 10.4. The quantitative estimate of drug-likeness (QED) is 0.621. The van der Waals surface area contributed by atoms with Gasteiger partial charge in [0.1, 0.15) is 11.5 Å². The van der Waals surface area contributed by atoms with Crippen molar-refractivity contribution >= 4 is 16.9 Å². The average molecular weight is 439 g/mol. The van der Waals surface area contributed by atoms with Crippen molar-refractivity contribution in [3.63, 3.8) is 0 Å². The molecule has 3 aromatic rings. The predicted octanol–water partition coefficient (Wildman–Crippen LogP) is 4.14. The summed E-state index contributed by atoms with van der Waals surface area (Å²) in [6.07, 6.45) is 0.589. The highest BCUT2D eigenvalue weighted by Gasteiger charge is 2.35. The summed E-state index contributed by atoms with van der Waals surface area (Å²) in [4.78, 5) is 19.6. The molecule has 32 heavy (non-hydrogen) atoms. The molecule has 0 spiro atoms. The summed E-state index contributed by atoms with van der Waals surface area (Å²) in [5.74, 6) is 6.00. The summed E-state index contributed by atoms with van der Waals surface area (Å²) in [6.45, 7) is 0.663. The Hall–Kier alpha value is -3.44. The van der Waals surface area contributed by atoms with Crippen LogP contribution in [-0.4, -0.2) is 45.7 Å². The molecule has 6 nitrogen and oxygen atoms in total. The molecular weight excluding hydrogens is 416 g/mol. The SMILES string of the molecule is CCC1c2nc3ccc(C#CC(C)CO)cc3n2-c2c(OC(F)F)cccc2C(=O)N1C. The van der Waals surface area contributed by atoms with Gasteiger partial charge in [0.25, 0.3) is 5.91 Å². The molecule has 1 aliphatic heterocycles. The van der Waals surface area contributed by atoms with Gasteiger partial charge in [0, 0.05) is 18.5 Å². The average Bonchev–Trinajstić information content (AvgIpc) is 3.10. The molecule has 0 bridgehead atoms. The standard InChI is InChI=1S/C24H23F2N3O3/c1-4-18-22-27-17-11-10-15(9-8-14(2)13-30)12-19(17)29(22)21-16(23(31)28(18)3)6-5-7-20(21)32-24(25)26/h5-7,10-12,14,18,24,30H,4,13H2,1-3H3. The maximum atomic E-state index is 13.2. The van der Waals surface area contributed by atoms with Crippen molar-refractivity contribution in [1.29, 1.82) is 0 Å². The number of hydrogen-bond donors (Lipinski definition) is 1. The number of rotatable bonds is 4. The van der Waals surface area contributed by atoms with Crippen LogP contribution in [0.15, 0.2) is 36.4 Å². The van der Waals surface area contributed by atoms with Crippen LogP contribution in [-0.2, 0) is 0 Å². The zero-order valence-corrected chi connectivity index (χ0v) is 18.0. The summed E-state index contributed by atoms with van der Waals surface area (Å²) in [6, 6.07) is 9.65. The minimum atomic E-state index is -3.04. The number of aliphatic hydroxyl groups is 1. The number of carbonyl (C=O) groups is 1. The van der Waals surface area contributed by atoms with Crippen LogP contribution < -0.4 is 4.74 Å². The van der Waals surface area contributed by atoms with E-state index < -0.39 is 6.61 Å². The first-order valence-electron chi connectivity index (χ1n) is 10.4. The molecule has 0 saturated heterocycles.